The van der Waals surface area contributed by atoms with Gasteiger partial charge in [-0.1, -0.05) is 22.7 Å². The number of anilines is 1. The Bertz CT molecular complexity index is 1070. The van der Waals surface area contributed by atoms with Crippen molar-refractivity contribution < 1.29 is 14.5 Å². The third-order valence-corrected chi connectivity index (χ3v) is 7.13. The number of nitrogens with zero attached hydrogens (tertiary/aromatic N) is 4. The van der Waals surface area contributed by atoms with E-state index >= 15 is 0 Å². The van der Waals surface area contributed by atoms with Crippen LogP contribution in [-0.2, 0) is 0 Å². The zero-order valence-corrected chi connectivity index (χ0v) is 18.7. The van der Waals surface area contributed by atoms with Gasteiger partial charge in [-0.2, -0.15) is 0 Å². The highest BCUT2D eigenvalue weighted by molar-refractivity contribution is 7.22. The summed E-state index contributed by atoms with van der Waals surface area (Å²) in [5, 5.41) is 14.6. The van der Waals surface area contributed by atoms with Crippen molar-refractivity contribution in [3.63, 3.8) is 0 Å². The van der Waals surface area contributed by atoms with Gasteiger partial charge in [0.15, 0.2) is 5.13 Å². The van der Waals surface area contributed by atoms with Gasteiger partial charge < -0.3 is 15.0 Å². The fourth-order valence-corrected chi connectivity index (χ4v) is 5.19. The van der Waals surface area contributed by atoms with E-state index in [-0.39, 0.29) is 10.9 Å². The van der Waals surface area contributed by atoms with Crippen LogP contribution in [0.2, 0.25) is 0 Å². The first-order valence-corrected chi connectivity index (χ1v) is 11.7. The summed E-state index contributed by atoms with van der Waals surface area (Å²) < 4.78 is 6.70. The molecule has 1 aliphatic rings. The number of thiazole rings is 1. The van der Waals surface area contributed by atoms with Crippen LogP contribution in [0.25, 0.3) is 10.2 Å². The number of aromatic nitrogens is 1. The van der Waals surface area contributed by atoms with Gasteiger partial charge in [0.25, 0.3) is 5.91 Å². The van der Waals surface area contributed by atoms with Gasteiger partial charge in [0, 0.05) is 45.3 Å². The lowest BCUT2D eigenvalue weighted by molar-refractivity contribution is -0.380. The number of hydrogen-bond acceptors (Lipinski definition) is 9. The van der Waals surface area contributed by atoms with E-state index < -0.39 is 4.92 Å². The van der Waals surface area contributed by atoms with Crippen LogP contribution in [0, 0.1) is 10.1 Å². The maximum absolute atomic E-state index is 12.1. The molecule has 0 bridgehead atoms. The van der Waals surface area contributed by atoms with Gasteiger partial charge in [0.05, 0.1) is 26.6 Å². The Kier molecular flexibility index (Phi) is 6.64. The van der Waals surface area contributed by atoms with E-state index in [0.717, 1.165) is 65.2 Å². The van der Waals surface area contributed by atoms with Gasteiger partial charge >= 0.3 is 5.00 Å². The predicted molar refractivity (Wildman–Crippen MR) is 123 cm³/mol. The molecule has 3 aromatic rings. The third kappa shape index (κ3) is 5.12. The van der Waals surface area contributed by atoms with Crippen molar-refractivity contribution in [2.24, 2.45) is 0 Å². The molecule has 1 amide bonds. The van der Waals surface area contributed by atoms with Crippen molar-refractivity contribution in [3.8, 4) is 5.75 Å². The van der Waals surface area contributed by atoms with Crippen LogP contribution in [0.15, 0.2) is 30.3 Å². The molecular formula is C20H23N5O4S2. The summed E-state index contributed by atoms with van der Waals surface area (Å²) in [5.74, 6) is 0.604. The van der Waals surface area contributed by atoms with Crippen LogP contribution < -0.4 is 15.0 Å². The molecule has 3 heterocycles. The minimum Gasteiger partial charge on any atom is -0.494 e. The zero-order chi connectivity index (χ0) is 21.8. The van der Waals surface area contributed by atoms with Gasteiger partial charge in [-0.05, 0) is 31.2 Å². The number of benzene rings is 1. The smallest absolute Gasteiger partial charge is 0.324 e. The Labute approximate surface area is 187 Å². The van der Waals surface area contributed by atoms with Crippen LogP contribution >= 0.6 is 22.7 Å². The van der Waals surface area contributed by atoms with E-state index in [2.05, 4.69) is 15.1 Å². The Morgan fingerprint density at radius 3 is 2.74 bits per heavy atom. The molecule has 0 atom stereocenters. The van der Waals surface area contributed by atoms with Crippen LogP contribution in [-0.4, -0.2) is 66.6 Å². The summed E-state index contributed by atoms with van der Waals surface area (Å²) in [6.07, 6.45) is 0. The first-order valence-electron chi connectivity index (χ1n) is 10.1. The molecule has 0 radical (unpaired) electrons. The van der Waals surface area contributed by atoms with E-state index in [1.807, 2.05) is 25.1 Å². The largest absolute Gasteiger partial charge is 0.494 e. The molecule has 11 heteroatoms. The third-order valence-electron chi connectivity index (χ3n) is 5.01. The monoisotopic (exact) mass is 461 g/mol. The number of piperazine rings is 1. The summed E-state index contributed by atoms with van der Waals surface area (Å²) in [4.78, 5) is 32.1. The second kappa shape index (κ2) is 9.58. The molecule has 31 heavy (non-hydrogen) atoms. The molecule has 164 valence electrons. The Morgan fingerprint density at radius 2 is 2.03 bits per heavy atom. The molecule has 0 unspecified atom stereocenters. The Morgan fingerprint density at radius 1 is 1.23 bits per heavy atom. The number of fused-ring (bicyclic) bond motifs is 1. The molecular weight excluding hydrogens is 438 g/mol. The molecule has 1 aliphatic heterocycles. The van der Waals surface area contributed by atoms with Gasteiger partial charge in [0.2, 0.25) is 0 Å². The highest BCUT2D eigenvalue weighted by Gasteiger charge is 2.20. The average molecular weight is 462 g/mol. The van der Waals surface area contributed by atoms with Gasteiger partial charge in [-0.25, -0.2) is 4.98 Å². The van der Waals surface area contributed by atoms with E-state index in [4.69, 9.17) is 9.72 Å². The van der Waals surface area contributed by atoms with Crippen molar-refractivity contribution in [2.45, 2.75) is 6.92 Å². The van der Waals surface area contributed by atoms with Crippen LogP contribution in [0.5, 0.6) is 5.75 Å². The number of carbonyl (C=O) groups excluding carboxylic acids is 1. The van der Waals surface area contributed by atoms with Crippen molar-refractivity contribution in [2.75, 3.05) is 50.8 Å². The second-order valence-electron chi connectivity index (χ2n) is 7.04. The molecule has 9 nitrogen and oxygen atoms in total. The first kappa shape index (κ1) is 21.5. The Hall–Kier alpha value is -2.76. The van der Waals surface area contributed by atoms with Crippen molar-refractivity contribution in [1.82, 2.24) is 15.2 Å². The number of ether oxygens (including phenoxy) is 1. The van der Waals surface area contributed by atoms with Crippen molar-refractivity contribution in [3.05, 3.63) is 45.3 Å². The average Bonchev–Trinajstić information content (AvgIpc) is 3.42. The fraction of sp³-hybridized carbons (Fsp3) is 0.400. The van der Waals surface area contributed by atoms with Gasteiger partial charge in [-0.15, -0.1) is 0 Å². The minimum atomic E-state index is -0.482. The Balaban J connectivity index is 1.24. The molecule has 0 saturated carbocycles. The highest BCUT2D eigenvalue weighted by atomic mass is 32.1. The highest BCUT2D eigenvalue weighted by Crippen LogP contribution is 2.32. The fourth-order valence-electron chi connectivity index (χ4n) is 3.41. The molecule has 0 aliphatic carbocycles. The van der Waals surface area contributed by atoms with Gasteiger partial charge in [0.1, 0.15) is 5.75 Å². The van der Waals surface area contributed by atoms with Crippen molar-refractivity contribution in [1.29, 1.82) is 0 Å². The quantitative estimate of drug-likeness (QED) is 0.406. The lowest BCUT2D eigenvalue weighted by atomic mass is 10.3. The summed E-state index contributed by atoms with van der Waals surface area (Å²) in [7, 11) is 0. The number of rotatable bonds is 8. The normalized spacial score (nSPS) is 14.7. The van der Waals surface area contributed by atoms with E-state index in [1.54, 1.807) is 11.3 Å². The standard InChI is InChI=1S/C20H23N5O4S2/c1-2-29-14-3-4-15-17(13-14)31-20(22-15)24-11-9-23(10-12-24)8-7-21-19(26)16-5-6-18(30-16)25(27)28/h3-6,13H,2,7-12H2,1H3,(H,21,26). The maximum atomic E-state index is 12.1. The van der Waals surface area contributed by atoms with E-state index in [1.165, 1.54) is 12.1 Å². The topological polar surface area (TPSA) is 101 Å². The van der Waals surface area contributed by atoms with E-state index in [9.17, 15) is 14.9 Å². The summed E-state index contributed by atoms with van der Waals surface area (Å²) in [6.45, 7) is 7.40. The molecule has 0 spiro atoms. The lowest BCUT2D eigenvalue weighted by Gasteiger charge is -2.34. The number of hydrogen-bond donors (Lipinski definition) is 1. The molecule has 1 N–H and O–H groups in total. The summed E-state index contributed by atoms with van der Waals surface area (Å²) in [6, 6.07) is 8.85. The predicted octanol–water partition coefficient (Wildman–Crippen LogP) is 3.22. The van der Waals surface area contributed by atoms with Crippen LogP contribution in [0.1, 0.15) is 16.6 Å². The zero-order valence-electron chi connectivity index (χ0n) is 17.1. The van der Waals surface area contributed by atoms with E-state index in [0.29, 0.717) is 18.0 Å². The second-order valence-corrected chi connectivity index (χ2v) is 9.11. The van der Waals surface area contributed by atoms with Gasteiger partial charge in [-0.3, -0.25) is 19.8 Å². The maximum Gasteiger partial charge on any atom is 0.324 e. The SMILES string of the molecule is CCOc1ccc2nc(N3CCN(CCNC(=O)c4ccc([N+](=O)[O-])s4)CC3)sc2c1. The minimum absolute atomic E-state index is 0.0229. The molecule has 2 aromatic heterocycles. The molecule has 1 aromatic carbocycles. The number of nitro groups is 1. The summed E-state index contributed by atoms with van der Waals surface area (Å²) >= 11 is 2.57. The molecule has 1 saturated heterocycles. The lowest BCUT2D eigenvalue weighted by Crippen LogP contribution is -2.48. The van der Waals surface area contributed by atoms with Crippen molar-refractivity contribution >= 4 is 48.9 Å². The van der Waals surface area contributed by atoms with Crippen LogP contribution in [0.4, 0.5) is 10.1 Å². The number of amides is 1. The first-order chi connectivity index (χ1) is 15.0. The number of nitrogens with one attached hydrogen (secondary N) is 1. The van der Waals surface area contributed by atoms with Crippen LogP contribution in [0.3, 0.4) is 0 Å². The summed E-state index contributed by atoms with van der Waals surface area (Å²) in [5.41, 5.74) is 0.988. The molecule has 4 rings (SSSR count). The number of carbonyl (C=O) groups is 1. The number of thiophene rings is 1. The molecule has 1 fully saturated rings.